The molecular weight excluding hydrogens is 382 g/mol. The van der Waals surface area contributed by atoms with Crippen molar-refractivity contribution in [2.75, 3.05) is 0 Å². The smallest absolute Gasteiger partial charge is 0.259 e. The SMILES string of the molecule is Clc1ccc(I)c(-c2nc(Br)no2)c1. The Labute approximate surface area is 107 Å². The summed E-state index contributed by atoms with van der Waals surface area (Å²) in [6, 6.07) is 5.51. The van der Waals surface area contributed by atoms with E-state index in [2.05, 4.69) is 48.7 Å². The second-order valence-corrected chi connectivity index (χ2v) is 4.80. The molecular formula is C8H3BrClIN2O. The third-order valence-electron chi connectivity index (χ3n) is 1.56. The first kappa shape index (κ1) is 10.4. The van der Waals surface area contributed by atoms with Crippen LogP contribution in [0.15, 0.2) is 27.5 Å². The molecule has 0 aliphatic rings. The van der Waals surface area contributed by atoms with Gasteiger partial charge in [-0.3, -0.25) is 0 Å². The van der Waals surface area contributed by atoms with Gasteiger partial charge >= 0.3 is 0 Å². The minimum Gasteiger partial charge on any atom is -0.333 e. The average Bonchev–Trinajstić information content (AvgIpc) is 2.56. The molecule has 0 bridgehead atoms. The first-order chi connectivity index (χ1) is 6.66. The van der Waals surface area contributed by atoms with Gasteiger partial charge in [-0.15, -0.1) is 0 Å². The van der Waals surface area contributed by atoms with E-state index in [1.54, 1.807) is 6.07 Å². The lowest BCUT2D eigenvalue weighted by atomic mass is 10.2. The van der Waals surface area contributed by atoms with Gasteiger partial charge in [-0.25, -0.2) is 0 Å². The van der Waals surface area contributed by atoms with E-state index in [4.69, 9.17) is 16.1 Å². The lowest BCUT2D eigenvalue weighted by Gasteiger charge is -1.98. The van der Waals surface area contributed by atoms with Crippen LogP contribution in [0.4, 0.5) is 0 Å². The van der Waals surface area contributed by atoms with Crippen LogP contribution in [0.2, 0.25) is 5.02 Å². The zero-order valence-corrected chi connectivity index (χ0v) is 11.2. The van der Waals surface area contributed by atoms with Crippen molar-refractivity contribution in [3.05, 3.63) is 31.5 Å². The van der Waals surface area contributed by atoms with Gasteiger partial charge in [-0.2, -0.15) is 4.98 Å². The largest absolute Gasteiger partial charge is 0.333 e. The van der Waals surface area contributed by atoms with Crippen molar-refractivity contribution in [2.24, 2.45) is 0 Å². The highest BCUT2D eigenvalue weighted by molar-refractivity contribution is 14.1. The van der Waals surface area contributed by atoms with Gasteiger partial charge in [-0.1, -0.05) is 11.6 Å². The Hall–Kier alpha value is -0.140. The van der Waals surface area contributed by atoms with Crippen LogP contribution in [0.3, 0.4) is 0 Å². The number of benzene rings is 1. The second kappa shape index (κ2) is 4.16. The molecule has 0 fully saturated rings. The fourth-order valence-corrected chi connectivity index (χ4v) is 1.95. The maximum absolute atomic E-state index is 5.87. The lowest BCUT2D eigenvalue weighted by molar-refractivity contribution is 0.426. The van der Waals surface area contributed by atoms with Gasteiger partial charge in [0.05, 0.1) is 5.56 Å². The summed E-state index contributed by atoms with van der Waals surface area (Å²) < 4.78 is 6.47. The van der Waals surface area contributed by atoms with Crippen molar-refractivity contribution < 1.29 is 4.52 Å². The molecule has 2 rings (SSSR count). The number of aromatic nitrogens is 2. The van der Waals surface area contributed by atoms with Crippen LogP contribution in [0.25, 0.3) is 11.5 Å². The predicted molar refractivity (Wildman–Crippen MR) is 65.2 cm³/mol. The molecule has 0 unspecified atom stereocenters. The van der Waals surface area contributed by atoms with Gasteiger partial charge in [-0.05, 0) is 61.9 Å². The minimum atomic E-state index is 0.434. The van der Waals surface area contributed by atoms with E-state index in [1.807, 2.05) is 12.1 Å². The Morgan fingerprint density at radius 2 is 2.21 bits per heavy atom. The molecule has 14 heavy (non-hydrogen) atoms. The molecule has 1 aromatic carbocycles. The van der Waals surface area contributed by atoms with Gasteiger partial charge in [0.2, 0.25) is 4.73 Å². The number of hydrogen-bond acceptors (Lipinski definition) is 3. The number of hydrogen-bond donors (Lipinski definition) is 0. The molecule has 0 amide bonds. The summed E-state index contributed by atoms with van der Waals surface area (Å²) in [6.45, 7) is 0. The maximum atomic E-state index is 5.87. The van der Waals surface area contributed by atoms with Crippen LogP contribution in [0, 0.1) is 3.57 Å². The van der Waals surface area contributed by atoms with E-state index in [0.29, 0.717) is 15.6 Å². The molecule has 0 aliphatic carbocycles. The first-order valence-electron chi connectivity index (χ1n) is 3.61. The third kappa shape index (κ3) is 2.09. The molecule has 1 heterocycles. The highest BCUT2D eigenvalue weighted by atomic mass is 127. The molecule has 0 saturated heterocycles. The Morgan fingerprint density at radius 3 is 2.86 bits per heavy atom. The Kier molecular flexibility index (Phi) is 3.08. The molecule has 0 atom stereocenters. The van der Waals surface area contributed by atoms with E-state index < -0.39 is 0 Å². The predicted octanol–water partition coefficient (Wildman–Crippen LogP) is 3.76. The molecule has 72 valence electrons. The lowest BCUT2D eigenvalue weighted by Crippen LogP contribution is -1.82. The first-order valence-corrected chi connectivity index (χ1v) is 5.86. The van der Waals surface area contributed by atoms with Gasteiger partial charge in [0, 0.05) is 8.59 Å². The summed E-state index contributed by atoms with van der Waals surface area (Å²) in [7, 11) is 0. The topological polar surface area (TPSA) is 38.9 Å². The monoisotopic (exact) mass is 384 g/mol. The van der Waals surface area contributed by atoms with Crippen LogP contribution in [0.5, 0.6) is 0 Å². The molecule has 6 heteroatoms. The van der Waals surface area contributed by atoms with Crippen LogP contribution in [-0.4, -0.2) is 10.1 Å². The summed E-state index contributed by atoms with van der Waals surface area (Å²) in [6.07, 6.45) is 0. The molecule has 2 aromatic rings. The molecule has 1 aromatic heterocycles. The third-order valence-corrected chi connectivity index (χ3v) is 3.06. The van der Waals surface area contributed by atoms with Crippen LogP contribution in [0.1, 0.15) is 0 Å². The second-order valence-electron chi connectivity index (χ2n) is 2.49. The van der Waals surface area contributed by atoms with Crippen LogP contribution >= 0.6 is 50.1 Å². The van der Waals surface area contributed by atoms with Crippen molar-refractivity contribution in [1.29, 1.82) is 0 Å². The van der Waals surface area contributed by atoms with Gasteiger partial charge in [0.1, 0.15) is 0 Å². The zero-order chi connectivity index (χ0) is 10.1. The molecule has 0 radical (unpaired) electrons. The Morgan fingerprint density at radius 1 is 1.43 bits per heavy atom. The quantitative estimate of drug-likeness (QED) is 0.702. The fourth-order valence-electron chi connectivity index (χ4n) is 0.976. The minimum absolute atomic E-state index is 0.434. The summed E-state index contributed by atoms with van der Waals surface area (Å²) in [4.78, 5) is 4.06. The van der Waals surface area contributed by atoms with Crippen molar-refractivity contribution >= 4 is 50.1 Å². The standard InChI is InChI=1S/C8H3BrClIN2O/c9-8-12-7(14-13-8)5-3-4(10)1-2-6(5)11/h1-3H. The van der Waals surface area contributed by atoms with E-state index >= 15 is 0 Å². The normalized spacial score (nSPS) is 10.5. The van der Waals surface area contributed by atoms with Crippen LogP contribution < -0.4 is 0 Å². The Balaban J connectivity index is 2.55. The van der Waals surface area contributed by atoms with Crippen molar-refractivity contribution in [3.8, 4) is 11.5 Å². The molecule has 0 spiro atoms. The van der Waals surface area contributed by atoms with Crippen molar-refractivity contribution in [1.82, 2.24) is 10.1 Å². The summed E-state index contributed by atoms with van der Waals surface area (Å²) >= 11 is 11.2. The molecule has 0 saturated carbocycles. The molecule has 0 N–H and O–H groups in total. The van der Waals surface area contributed by atoms with E-state index in [9.17, 15) is 0 Å². The van der Waals surface area contributed by atoms with Gasteiger partial charge in [0.25, 0.3) is 5.89 Å². The van der Waals surface area contributed by atoms with Crippen molar-refractivity contribution in [2.45, 2.75) is 0 Å². The summed E-state index contributed by atoms with van der Waals surface area (Å²) in [5.41, 5.74) is 0.844. The van der Waals surface area contributed by atoms with E-state index in [-0.39, 0.29) is 0 Å². The number of halogens is 3. The number of nitrogens with zero attached hydrogens (tertiary/aromatic N) is 2. The van der Waals surface area contributed by atoms with E-state index in [1.165, 1.54) is 0 Å². The van der Waals surface area contributed by atoms with Crippen molar-refractivity contribution in [3.63, 3.8) is 0 Å². The summed E-state index contributed by atoms with van der Waals surface area (Å²) in [5, 5.41) is 4.30. The zero-order valence-electron chi connectivity index (χ0n) is 6.67. The average molecular weight is 385 g/mol. The molecule has 3 nitrogen and oxygen atoms in total. The molecule has 0 aliphatic heterocycles. The van der Waals surface area contributed by atoms with Gasteiger partial charge in [0.15, 0.2) is 0 Å². The Bertz CT molecular complexity index is 474. The highest BCUT2D eigenvalue weighted by Crippen LogP contribution is 2.27. The van der Waals surface area contributed by atoms with Gasteiger partial charge < -0.3 is 4.52 Å². The highest BCUT2D eigenvalue weighted by Gasteiger charge is 2.10. The van der Waals surface area contributed by atoms with E-state index in [0.717, 1.165) is 9.13 Å². The fraction of sp³-hybridized carbons (Fsp3) is 0. The maximum Gasteiger partial charge on any atom is 0.259 e. The summed E-state index contributed by atoms with van der Waals surface area (Å²) in [5.74, 6) is 0.462. The number of rotatable bonds is 1. The van der Waals surface area contributed by atoms with Crippen LogP contribution in [-0.2, 0) is 0 Å².